The first-order valence-corrected chi connectivity index (χ1v) is 5.69. The number of hydrogen-bond acceptors (Lipinski definition) is 2. The monoisotopic (exact) mass is 234 g/mol. The number of rotatable bonds is 3. The Kier molecular flexibility index (Phi) is 5.20. The lowest BCUT2D eigenvalue weighted by molar-refractivity contribution is 0.182. The maximum Gasteiger partial charge on any atom is 0.435 e. The van der Waals surface area contributed by atoms with E-state index in [0.717, 1.165) is 18.7 Å². The van der Waals surface area contributed by atoms with Crippen molar-refractivity contribution in [1.82, 2.24) is 4.90 Å². The SMILES string of the molecule is CCN(CC)C(=NC(=O)OC)c1ccccc1. The molecule has 1 aromatic rings. The van der Waals surface area contributed by atoms with Crippen molar-refractivity contribution in [3.63, 3.8) is 0 Å². The molecule has 0 atom stereocenters. The van der Waals surface area contributed by atoms with Crippen molar-refractivity contribution < 1.29 is 9.53 Å². The zero-order valence-electron chi connectivity index (χ0n) is 10.5. The zero-order valence-corrected chi connectivity index (χ0v) is 10.5. The van der Waals surface area contributed by atoms with Crippen LogP contribution in [0.3, 0.4) is 0 Å². The summed E-state index contributed by atoms with van der Waals surface area (Å²) in [5, 5.41) is 0. The molecule has 0 fully saturated rings. The molecule has 0 aromatic heterocycles. The maximum atomic E-state index is 11.3. The Hall–Kier alpha value is -1.84. The molecular formula is C13H18N2O2. The first-order chi connectivity index (χ1) is 8.22. The summed E-state index contributed by atoms with van der Waals surface area (Å²) < 4.78 is 4.59. The number of hydrogen-bond donors (Lipinski definition) is 0. The van der Waals surface area contributed by atoms with Gasteiger partial charge in [-0.05, 0) is 13.8 Å². The van der Waals surface area contributed by atoms with E-state index in [9.17, 15) is 4.79 Å². The van der Waals surface area contributed by atoms with Gasteiger partial charge in [0.05, 0.1) is 7.11 Å². The minimum absolute atomic E-state index is 0.573. The molecule has 0 heterocycles. The lowest BCUT2D eigenvalue weighted by atomic mass is 10.2. The quantitative estimate of drug-likeness (QED) is 0.596. The van der Waals surface area contributed by atoms with Gasteiger partial charge in [0.25, 0.3) is 0 Å². The van der Waals surface area contributed by atoms with Crippen LogP contribution in [-0.4, -0.2) is 37.0 Å². The van der Waals surface area contributed by atoms with Gasteiger partial charge in [-0.25, -0.2) is 4.79 Å². The van der Waals surface area contributed by atoms with E-state index in [0.29, 0.717) is 5.84 Å². The first kappa shape index (κ1) is 13.2. The largest absolute Gasteiger partial charge is 0.451 e. The highest BCUT2D eigenvalue weighted by molar-refractivity contribution is 6.03. The molecule has 0 aliphatic heterocycles. The Labute approximate surface area is 102 Å². The maximum absolute atomic E-state index is 11.3. The van der Waals surface area contributed by atoms with Crippen LogP contribution in [0, 0.1) is 0 Å². The number of methoxy groups -OCH3 is 1. The molecule has 1 amide bonds. The number of aliphatic imine (C=N–C) groups is 1. The van der Waals surface area contributed by atoms with Gasteiger partial charge in [-0.3, -0.25) is 0 Å². The molecule has 0 aliphatic rings. The van der Waals surface area contributed by atoms with Crippen molar-refractivity contribution >= 4 is 11.9 Å². The number of carbonyl (C=O) groups is 1. The molecule has 0 saturated carbocycles. The molecule has 0 aliphatic carbocycles. The van der Waals surface area contributed by atoms with E-state index in [1.807, 2.05) is 49.1 Å². The van der Waals surface area contributed by atoms with Crippen molar-refractivity contribution in [3.05, 3.63) is 35.9 Å². The van der Waals surface area contributed by atoms with E-state index in [4.69, 9.17) is 0 Å². The summed E-state index contributed by atoms with van der Waals surface area (Å²) in [7, 11) is 1.33. The van der Waals surface area contributed by atoms with E-state index < -0.39 is 6.09 Å². The molecule has 1 rings (SSSR count). The van der Waals surface area contributed by atoms with Crippen molar-refractivity contribution in [2.24, 2.45) is 4.99 Å². The van der Waals surface area contributed by atoms with Crippen LogP contribution in [0.5, 0.6) is 0 Å². The van der Waals surface area contributed by atoms with E-state index >= 15 is 0 Å². The molecule has 1 aromatic carbocycles. The van der Waals surface area contributed by atoms with Crippen LogP contribution in [-0.2, 0) is 4.74 Å². The van der Waals surface area contributed by atoms with Gasteiger partial charge in [-0.1, -0.05) is 30.3 Å². The predicted octanol–water partition coefficient (Wildman–Crippen LogP) is 2.54. The molecule has 92 valence electrons. The third-order valence-corrected chi connectivity index (χ3v) is 2.47. The van der Waals surface area contributed by atoms with Crippen LogP contribution >= 0.6 is 0 Å². The molecule has 0 radical (unpaired) electrons. The normalized spacial score (nSPS) is 11.1. The fourth-order valence-corrected chi connectivity index (χ4v) is 1.56. The van der Waals surface area contributed by atoms with Gasteiger partial charge in [0.15, 0.2) is 0 Å². The summed E-state index contributed by atoms with van der Waals surface area (Å²) in [4.78, 5) is 17.3. The van der Waals surface area contributed by atoms with Crippen LogP contribution < -0.4 is 0 Å². The molecule has 0 bridgehead atoms. The topological polar surface area (TPSA) is 41.9 Å². The van der Waals surface area contributed by atoms with Crippen LogP contribution in [0.25, 0.3) is 0 Å². The van der Waals surface area contributed by atoms with Gasteiger partial charge in [0, 0.05) is 18.7 Å². The lowest BCUT2D eigenvalue weighted by Gasteiger charge is -2.22. The van der Waals surface area contributed by atoms with Crippen LogP contribution in [0.15, 0.2) is 35.3 Å². The highest BCUT2D eigenvalue weighted by Gasteiger charge is 2.12. The molecule has 0 saturated heterocycles. The van der Waals surface area contributed by atoms with Crippen LogP contribution in [0.4, 0.5) is 4.79 Å². The van der Waals surface area contributed by atoms with E-state index in [1.165, 1.54) is 7.11 Å². The van der Waals surface area contributed by atoms with Crippen LogP contribution in [0.2, 0.25) is 0 Å². The Balaban J connectivity index is 3.11. The number of amides is 1. The van der Waals surface area contributed by atoms with Gasteiger partial charge >= 0.3 is 6.09 Å². The third-order valence-electron chi connectivity index (χ3n) is 2.47. The van der Waals surface area contributed by atoms with Gasteiger partial charge in [0.1, 0.15) is 5.84 Å². The number of benzene rings is 1. The van der Waals surface area contributed by atoms with Gasteiger partial charge < -0.3 is 9.64 Å². The van der Waals surface area contributed by atoms with Crippen LogP contribution in [0.1, 0.15) is 19.4 Å². The fourth-order valence-electron chi connectivity index (χ4n) is 1.56. The zero-order chi connectivity index (χ0) is 12.7. The molecule has 0 spiro atoms. The number of amidine groups is 1. The summed E-state index contributed by atoms with van der Waals surface area (Å²) in [5.41, 5.74) is 0.918. The van der Waals surface area contributed by atoms with Crippen molar-refractivity contribution in [2.45, 2.75) is 13.8 Å². The minimum atomic E-state index is -0.573. The molecular weight excluding hydrogens is 216 g/mol. The molecule has 0 unspecified atom stereocenters. The highest BCUT2D eigenvalue weighted by atomic mass is 16.5. The van der Waals surface area contributed by atoms with Crippen molar-refractivity contribution in [3.8, 4) is 0 Å². The second-order valence-electron chi connectivity index (χ2n) is 3.44. The van der Waals surface area contributed by atoms with Gasteiger partial charge in [0.2, 0.25) is 0 Å². The minimum Gasteiger partial charge on any atom is -0.451 e. The Morgan fingerprint density at radius 2 is 1.82 bits per heavy atom. The summed E-state index contributed by atoms with van der Waals surface area (Å²) in [6, 6.07) is 9.64. The number of ether oxygens (including phenoxy) is 1. The first-order valence-electron chi connectivity index (χ1n) is 5.69. The molecule has 4 heteroatoms. The summed E-state index contributed by atoms with van der Waals surface area (Å²) in [6.45, 7) is 5.64. The van der Waals surface area contributed by atoms with Crippen molar-refractivity contribution in [1.29, 1.82) is 0 Å². The average molecular weight is 234 g/mol. The number of carbonyl (C=O) groups excluding carboxylic acids is 1. The Bertz CT molecular complexity index is 384. The molecule has 17 heavy (non-hydrogen) atoms. The predicted molar refractivity (Wildman–Crippen MR) is 68.3 cm³/mol. The third kappa shape index (κ3) is 3.59. The molecule has 4 nitrogen and oxygen atoms in total. The molecule has 0 N–H and O–H groups in total. The van der Waals surface area contributed by atoms with E-state index in [1.54, 1.807) is 0 Å². The smallest absolute Gasteiger partial charge is 0.435 e. The standard InChI is InChI=1S/C13H18N2O2/c1-4-15(5-2)12(14-13(16)17-3)11-9-7-6-8-10-11/h6-10H,4-5H2,1-3H3. The van der Waals surface area contributed by atoms with Gasteiger partial charge in [-0.2, -0.15) is 4.99 Å². The Morgan fingerprint density at radius 3 is 2.29 bits per heavy atom. The number of nitrogens with zero attached hydrogens (tertiary/aromatic N) is 2. The summed E-state index contributed by atoms with van der Waals surface area (Å²) in [6.07, 6.45) is -0.573. The Morgan fingerprint density at radius 1 is 1.24 bits per heavy atom. The summed E-state index contributed by atoms with van der Waals surface area (Å²) >= 11 is 0. The summed E-state index contributed by atoms with van der Waals surface area (Å²) in [5.74, 6) is 0.655. The average Bonchev–Trinajstić information content (AvgIpc) is 2.39. The van der Waals surface area contributed by atoms with Gasteiger partial charge in [-0.15, -0.1) is 0 Å². The fraction of sp³-hybridized carbons (Fsp3) is 0.385. The highest BCUT2D eigenvalue weighted by Crippen LogP contribution is 2.06. The second-order valence-corrected chi connectivity index (χ2v) is 3.44. The van der Waals surface area contributed by atoms with Crippen molar-refractivity contribution in [2.75, 3.05) is 20.2 Å². The second kappa shape index (κ2) is 6.68. The lowest BCUT2D eigenvalue weighted by Crippen LogP contribution is -2.32. The van der Waals surface area contributed by atoms with E-state index in [2.05, 4.69) is 9.73 Å². The van der Waals surface area contributed by atoms with E-state index in [-0.39, 0.29) is 0 Å².